The van der Waals surface area contributed by atoms with E-state index < -0.39 is 0 Å². The van der Waals surface area contributed by atoms with E-state index in [4.69, 9.17) is 9.15 Å². The normalized spacial score (nSPS) is 18.0. The molecule has 1 aliphatic heterocycles. The Morgan fingerprint density at radius 1 is 1.42 bits per heavy atom. The molecule has 1 aliphatic rings. The van der Waals surface area contributed by atoms with Crippen molar-refractivity contribution in [1.29, 1.82) is 0 Å². The lowest BCUT2D eigenvalue weighted by Gasteiger charge is -2.34. The zero-order chi connectivity index (χ0) is 16.4. The molecular formula is C17H19N5O2. The van der Waals surface area contributed by atoms with Gasteiger partial charge in [-0.3, -0.25) is 4.98 Å². The Morgan fingerprint density at radius 3 is 3.25 bits per heavy atom. The molecule has 1 atom stereocenters. The highest BCUT2D eigenvalue weighted by Gasteiger charge is 2.27. The molecule has 3 aromatic heterocycles. The van der Waals surface area contributed by atoms with Crippen molar-refractivity contribution in [2.45, 2.75) is 13.0 Å². The summed E-state index contributed by atoms with van der Waals surface area (Å²) in [7, 11) is 0. The maximum Gasteiger partial charge on any atom is 0.300 e. The van der Waals surface area contributed by atoms with E-state index in [9.17, 15) is 0 Å². The largest absolute Gasteiger partial charge is 0.490 e. The molecule has 0 aliphatic carbocycles. The number of anilines is 1. The van der Waals surface area contributed by atoms with Crippen molar-refractivity contribution >= 4 is 17.2 Å². The van der Waals surface area contributed by atoms with Crippen LogP contribution in [0.5, 0.6) is 5.75 Å². The third-order valence-electron chi connectivity index (χ3n) is 4.05. The molecule has 7 heteroatoms. The van der Waals surface area contributed by atoms with Gasteiger partial charge in [-0.25, -0.2) is 4.98 Å². The van der Waals surface area contributed by atoms with Crippen LogP contribution in [0.15, 0.2) is 41.2 Å². The summed E-state index contributed by atoms with van der Waals surface area (Å²) in [6.45, 7) is 5.03. The minimum absolute atomic E-state index is 0.133. The van der Waals surface area contributed by atoms with Gasteiger partial charge in [0.15, 0.2) is 5.58 Å². The number of nitrogens with zero attached hydrogens (tertiary/aromatic N) is 4. The smallest absolute Gasteiger partial charge is 0.300 e. The van der Waals surface area contributed by atoms with Crippen molar-refractivity contribution < 1.29 is 9.15 Å². The van der Waals surface area contributed by atoms with Gasteiger partial charge in [-0.2, -0.15) is 4.98 Å². The van der Waals surface area contributed by atoms with E-state index in [1.807, 2.05) is 25.1 Å². The Morgan fingerprint density at radius 2 is 2.38 bits per heavy atom. The Balaban J connectivity index is 1.54. The molecule has 1 N–H and O–H groups in total. The third kappa shape index (κ3) is 3.03. The monoisotopic (exact) mass is 325 g/mol. The molecule has 1 fully saturated rings. The van der Waals surface area contributed by atoms with E-state index in [0.717, 1.165) is 36.5 Å². The van der Waals surface area contributed by atoms with Crippen LogP contribution >= 0.6 is 0 Å². The van der Waals surface area contributed by atoms with Gasteiger partial charge in [-0.1, -0.05) is 0 Å². The van der Waals surface area contributed by atoms with Crippen LogP contribution in [0.3, 0.4) is 0 Å². The highest BCUT2D eigenvalue weighted by atomic mass is 16.5. The summed E-state index contributed by atoms with van der Waals surface area (Å²) in [6, 6.07) is 6.46. The van der Waals surface area contributed by atoms with Crippen LogP contribution in [0.2, 0.25) is 0 Å². The van der Waals surface area contributed by atoms with E-state index in [0.29, 0.717) is 18.3 Å². The van der Waals surface area contributed by atoms with Gasteiger partial charge in [-0.05, 0) is 30.7 Å². The van der Waals surface area contributed by atoms with Crippen LogP contribution < -0.4 is 15.0 Å². The fourth-order valence-corrected chi connectivity index (χ4v) is 2.82. The number of rotatable bonds is 4. The van der Waals surface area contributed by atoms with Gasteiger partial charge in [0.05, 0.1) is 12.2 Å². The summed E-state index contributed by atoms with van der Waals surface area (Å²) < 4.78 is 11.8. The van der Waals surface area contributed by atoms with Gasteiger partial charge < -0.3 is 19.4 Å². The van der Waals surface area contributed by atoms with Gasteiger partial charge in [-0.15, -0.1) is 0 Å². The molecule has 1 saturated heterocycles. The molecule has 0 saturated carbocycles. The van der Waals surface area contributed by atoms with Gasteiger partial charge in [0.2, 0.25) is 5.65 Å². The molecular weight excluding hydrogens is 306 g/mol. The number of oxazole rings is 1. The molecule has 0 radical (unpaired) electrons. The molecule has 24 heavy (non-hydrogen) atoms. The summed E-state index contributed by atoms with van der Waals surface area (Å²) in [4.78, 5) is 15.1. The summed E-state index contributed by atoms with van der Waals surface area (Å²) in [5.41, 5.74) is 2.42. The van der Waals surface area contributed by atoms with E-state index in [1.54, 1.807) is 18.6 Å². The van der Waals surface area contributed by atoms with Crippen molar-refractivity contribution in [3.63, 3.8) is 0 Å². The highest BCUT2D eigenvalue weighted by molar-refractivity contribution is 5.70. The van der Waals surface area contributed by atoms with Crippen LogP contribution in [0.4, 0.5) is 6.01 Å². The van der Waals surface area contributed by atoms with Crippen molar-refractivity contribution in [2.75, 3.05) is 31.1 Å². The Hall–Kier alpha value is -2.67. The Bertz CT molecular complexity index is 820. The first kappa shape index (κ1) is 14.9. The Labute approximate surface area is 139 Å². The van der Waals surface area contributed by atoms with E-state index in [2.05, 4.69) is 25.2 Å². The number of aryl methyl sites for hydroxylation is 1. The maximum absolute atomic E-state index is 5.93. The number of hydrogen-bond acceptors (Lipinski definition) is 7. The number of fused-ring (bicyclic) bond motifs is 1. The Kier molecular flexibility index (Phi) is 4.00. The van der Waals surface area contributed by atoms with E-state index in [1.165, 1.54) is 0 Å². The second-order valence-electron chi connectivity index (χ2n) is 5.88. The fraction of sp³-hybridized carbons (Fsp3) is 0.353. The first-order valence-electron chi connectivity index (χ1n) is 8.03. The molecule has 0 spiro atoms. The second kappa shape index (κ2) is 6.45. The number of hydrogen-bond donors (Lipinski definition) is 1. The fourth-order valence-electron chi connectivity index (χ4n) is 2.82. The van der Waals surface area contributed by atoms with Crippen LogP contribution in [-0.2, 0) is 0 Å². The van der Waals surface area contributed by atoms with Gasteiger partial charge in [0.25, 0.3) is 6.01 Å². The minimum atomic E-state index is 0.133. The van der Waals surface area contributed by atoms with Crippen LogP contribution in [-0.4, -0.2) is 47.2 Å². The van der Waals surface area contributed by atoms with Crippen molar-refractivity contribution in [3.8, 4) is 5.75 Å². The number of aromatic nitrogens is 3. The first-order valence-corrected chi connectivity index (χ1v) is 8.03. The average molecular weight is 325 g/mol. The third-order valence-corrected chi connectivity index (χ3v) is 4.05. The van der Waals surface area contributed by atoms with E-state index in [-0.39, 0.29) is 6.04 Å². The van der Waals surface area contributed by atoms with Crippen molar-refractivity contribution in [1.82, 2.24) is 20.3 Å². The summed E-state index contributed by atoms with van der Waals surface area (Å²) >= 11 is 0. The highest BCUT2D eigenvalue weighted by Crippen LogP contribution is 2.23. The zero-order valence-corrected chi connectivity index (χ0v) is 13.5. The molecule has 124 valence electrons. The summed E-state index contributed by atoms with van der Waals surface area (Å²) in [5, 5.41) is 3.39. The number of nitrogens with one attached hydrogen (secondary N) is 1. The average Bonchev–Trinajstić information content (AvgIpc) is 3.04. The summed E-state index contributed by atoms with van der Waals surface area (Å²) in [6.07, 6.45) is 5.25. The quantitative estimate of drug-likeness (QED) is 0.783. The summed E-state index contributed by atoms with van der Waals surface area (Å²) in [5.74, 6) is 0.762. The maximum atomic E-state index is 5.93. The van der Waals surface area contributed by atoms with Gasteiger partial charge in [0, 0.05) is 32.0 Å². The van der Waals surface area contributed by atoms with Crippen LogP contribution in [0.25, 0.3) is 11.2 Å². The molecule has 0 aromatic carbocycles. The molecule has 4 rings (SSSR count). The standard InChI is InChI=1S/C17H19N5O2/c1-12-7-15-16(20-8-12)21-17(24-15)22-6-5-19-9-13(22)11-23-14-3-2-4-18-10-14/h2-4,7-8,10,13,19H,5-6,9,11H2,1H3/t13-/m1/s1. The number of ether oxygens (including phenoxy) is 1. The zero-order valence-electron chi connectivity index (χ0n) is 13.5. The van der Waals surface area contributed by atoms with Crippen LogP contribution in [0.1, 0.15) is 5.56 Å². The number of piperazine rings is 1. The lowest BCUT2D eigenvalue weighted by atomic mass is 10.2. The lowest BCUT2D eigenvalue weighted by molar-refractivity contribution is 0.261. The second-order valence-corrected chi connectivity index (χ2v) is 5.88. The van der Waals surface area contributed by atoms with E-state index >= 15 is 0 Å². The lowest BCUT2D eigenvalue weighted by Crippen LogP contribution is -2.54. The predicted octanol–water partition coefficient (Wildman–Crippen LogP) is 1.78. The van der Waals surface area contributed by atoms with Crippen molar-refractivity contribution in [3.05, 3.63) is 42.4 Å². The molecule has 0 amide bonds. The molecule has 4 heterocycles. The first-order chi connectivity index (χ1) is 11.8. The molecule has 3 aromatic rings. The molecule has 0 bridgehead atoms. The minimum Gasteiger partial charge on any atom is -0.490 e. The number of pyridine rings is 2. The SMILES string of the molecule is Cc1cnc2nc(N3CCNC[C@@H]3COc3cccnc3)oc2c1. The predicted molar refractivity (Wildman–Crippen MR) is 90.3 cm³/mol. The molecule has 7 nitrogen and oxygen atoms in total. The topological polar surface area (TPSA) is 76.3 Å². The molecule has 0 unspecified atom stereocenters. The van der Waals surface area contributed by atoms with Crippen molar-refractivity contribution in [2.24, 2.45) is 0 Å². The van der Waals surface area contributed by atoms with Gasteiger partial charge in [0.1, 0.15) is 12.4 Å². The van der Waals surface area contributed by atoms with Gasteiger partial charge >= 0.3 is 0 Å². The van der Waals surface area contributed by atoms with Crippen LogP contribution in [0, 0.1) is 6.92 Å².